The van der Waals surface area contributed by atoms with Gasteiger partial charge in [0.25, 0.3) is 0 Å². The second kappa shape index (κ2) is 4.94. The zero-order valence-electron chi connectivity index (χ0n) is 9.70. The number of rotatable bonds is 4. The lowest BCUT2D eigenvalue weighted by molar-refractivity contribution is -0.148. The van der Waals surface area contributed by atoms with Gasteiger partial charge >= 0.3 is 5.97 Å². The van der Waals surface area contributed by atoms with Crippen molar-refractivity contribution in [2.24, 2.45) is 11.1 Å². The van der Waals surface area contributed by atoms with Gasteiger partial charge in [0.05, 0.1) is 5.41 Å². The van der Waals surface area contributed by atoms with Gasteiger partial charge in [0.2, 0.25) is 0 Å². The van der Waals surface area contributed by atoms with Crippen LogP contribution in [-0.4, -0.2) is 41.7 Å². The molecule has 1 heterocycles. The van der Waals surface area contributed by atoms with Gasteiger partial charge in [0.1, 0.15) is 0 Å². The van der Waals surface area contributed by atoms with Crippen molar-refractivity contribution in [3.8, 4) is 0 Å². The van der Waals surface area contributed by atoms with Crippen LogP contribution in [0.5, 0.6) is 0 Å². The van der Waals surface area contributed by atoms with Crippen LogP contribution in [0.2, 0.25) is 0 Å². The summed E-state index contributed by atoms with van der Waals surface area (Å²) >= 11 is 0. The van der Waals surface area contributed by atoms with Crippen LogP contribution >= 0.6 is 0 Å². The third-order valence-electron chi connectivity index (χ3n) is 3.20. The Morgan fingerprint density at radius 3 is 2.73 bits per heavy atom. The zero-order chi connectivity index (χ0) is 11.5. The maximum atomic E-state index is 11.0. The van der Waals surface area contributed by atoms with Gasteiger partial charge in [0, 0.05) is 19.1 Å². The third kappa shape index (κ3) is 3.18. The number of nitrogens with two attached hydrogens (primary N) is 1. The normalized spacial score (nSPS) is 24.1. The van der Waals surface area contributed by atoms with Crippen LogP contribution in [-0.2, 0) is 4.79 Å². The lowest BCUT2D eigenvalue weighted by Gasteiger charge is -2.38. The Hall–Kier alpha value is -0.610. The van der Waals surface area contributed by atoms with E-state index in [0.717, 1.165) is 19.4 Å². The van der Waals surface area contributed by atoms with Crippen molar-refractivity contribution in [1.29, 1.82) is 0 Å². The molecule has 15 heavy (non-hydrogen) atoms. The highest BCUT2D eigenvalue weighted by molar-refractivity contribution is 5.73. The highest BCUT2D eigenvalue weighted by Crippen LogP contribution is 2.23. The summed E-state index contributed by atoms with van der Waals surface area (Å²) in [5.74, 6) is -0.733. The first-order valence-corrected chi connectivity index (χ1v) is 5.65. The molecule has 0 aromatic heterocycles. The summed E-state index contributed by atoms with van der Waals surface area (Å²) in [6.07, 6.45) is 3.48. The fraction of sp³-hybridized carbons (Fsp3) is 0.909. The van der Waals surface area contributed by atoms with Crippen LogP contribution in [0, 0.1) is 5.41 Å². The molecular formula is C11H22N2O2. The molecule has 0 aliphatic carbocycles. The minimum Gasteiger partial charge on any atom is -0.481 e. The van der Waals surface area contributed by atoms with E-state index in [1.807, 2.05) is 0 Å². The standard InChI is InChI=1S/C11H22N2O2/c1-11(2,10(14)15)8-13-6-4-3-5-9(13)7-12/h9H,3-8,12H2,1-2H3,(H,14,15)/t9-/m0/s1. The van der Waals surface area contributed by atoms with Crippen LogP contribution < -0.4 is 5.73 Å². The van der Waals surface area contributed by atoms with E-state index >= 15 is 0 Å². The monoisotopic (exact) mass is 214 g/mol. The smallest absolute Gasteiger partial charge is 0.310 e. The SMILES string of the molecule is CC(C)(CN1CCCC[C@H]1CN)C(=O)O. The van der Waals surface area contributed by atoms with E-state index in [9.17, 15) is 4.79 Å². The average Bonchev–Trinajstić information content (AvgIpc) is 2.18. The van der Waals surface area contributed by atoms with Gasteiger partial charge in [-0.1, -0.05) is 6.42 Å². The molecule has 3 N–H and O–H groups in total. The Morgan fingerprint density at radius 1 is 1.53 bits per heavy atom. The van der Waals surface area contributed by atoms with E-state index in [-0.39, 0.29) is 0 Å². The lowest BCUT2D eigenvalue weighted by Crippen LogP contribution is -2.49. The maximum Gasteiger partial charge on any atom is 0.310 e. The van der Waals surface area contributed by atoms with Gasteiger partial charge in [-0.15, -0.1) is 0 Å². The summed E-state index contributed by atoms with van der Waals surface area (Å²) in [5, 5.41) is 9.07. The molecule has 88 valence electrons. The Balaban J connectivity index is 2.58. The van der Waals surface area contributed by atoms with Gasteiger partial charge in [-0.25, -0.2) is 0 Å². The van der Waals surface area contributed by atoms with Crippen LogP contribution in [0.25, 0.3) is 0 Å². The number of aliphatic carboxylic acids is 1. The number of nitrogens with zero attached hydrogens (tertiary/aromatic N) is 1. The maximum absolute atomic E-state index is 11.0. The minimum atomic E-state index is -0.733. The molecule has 1 atom stereocenters. The second-order valence-corrected chi connectivity index (χ2v) is 5.04. The fourth-order valence-corrected chi connectivity index (χ4v) is 2.11. The minimum absolute atomic E-state index is 0.373. The summed E-state index contributed by atoms with van der Waals surface area (Å²) in [6, 6.07) is 0.373. The summed E-state index contributed by atoms with van der Waals surface area (Å²) in [6.45, 7) is 5.77. The van der Waals surface area contributed by atoms with Gasteiger partial charge in [-0.3, -0.25) is 9.69 Å². The first-order chi connectivity index (χ1) is 6.97. The van der Waals surface area contributed by atoms with E-state index in [1.54, 1.807) is 13.8 Å². The van der Waals surface area contributed by atoms with Crippen LogP contribution in [0.3, 0.4) is 0 Å². The van der Waals surface area contributed by atoms with Crippen LogP contribution in [0.15, 0.2) is 0 Å². The molecule has 1 rings (SSSR count). The number of hydrogen-bond acceptors (Lipinski definition) is 3. The Bertz CT molecular complexity index is 229. The van der Waals surface area contributed by atoms with E-state index in [0.29, 0.717) is 19.1 Å². The average molecular weight is 214 g/mol. The molecule has 0 spiro atoms. The quantitative estimate of drug-likeness (QED) is 0.730. The van der Waals surface area contributed by atoms with Crippen molar-refractivity contribution in [2.45, 2.75) is 39.2 Å². The van der Waals surface area contributed by atoms with Gasteiger partial charge < -0.3 is 10.8 Å². The molecule has 0 amide bonds. The second-order valence-electron chi connectivity index (χ2n) is 5.04. The molecule has 1 aliphatic heterocycles. The Labute approximate surface area is 91.4 Å². The van der Waals surface area contributed by atoms with Crippen molar-refractivity contribution in [3.05, 3.63) is 0 Å². The first kappa shape index (κ1) is 12.5. The first-order valence-electron chi connectivity index (χ1n) is 5.65. The molecule has 1 saturated heterocycles. The molecule has 0 bridgehead atoms. The Morgan fingerprint density at radius 2 is 2.20 bits per heavy atom. The molecule has 4 nitrogen and oxygen atoms in total. The molecule has 4 heteroatoms. The van der Waals surface area contributed by atoms with E-state index in [1.165, 1.54) is 6.42 Å². The van der Waals surface area contributed by atoms with Crippen molar-refractivity contribution in [1.82, 2.24) is 4.90 Å². The molecule has 1 fully saturated rings. The van der Waals surface area contributed by atoms with Crippen molar-refractivity contribution >= 4 is 5.97 Å². The van der Waals surface area contributed by atoms with Gasteiger partial charge in [0.15, 0.2) is 0 Å². The number of piperidine rings is 1. The lowest BCUT2D eigenvalue weighted by atomic mass is 9.90. The van der Waals surface area contributed by atoms with Gasteiger partial charge in [-0.2, -0.15) is 0 Å². The molecule has 0 aromatic rings. The van der Waals surface area contributed by atoms with E-state index < -0.39 is 11.4 Å². The number of likely N-dealkylation sites (tertiary alicyclic amines) is 1. The predicted molar refractivity (Wildman–Crippen MR) is 59.7 cm³/mol. The van der Waals surface area contributed by atoms with Gasteiger partial charge in [-0.05, 0) is 33.2 Å². The fourth-order valence-electron chi connectivity index (χ4n) is 2.11. The van der Waals surface area contributed by atoms with E-state index in [4.69, 9.17) is 10.8 Å². The highest BCUT2D eigenvalue weighted by Gasteiger charge is 2.33. The summed E-state index contributed by atoms with van der Waals surface area (Å²) in [4.78, 5) is 13.3. The van der Waals surface area contributed by atoms with E-state index in [2.05, 4.69) is 4.90 Å². The summed E-state index contributed by atoms with van der Waals surface area (Å²) in [7, 11) is 0. The predicted octanol–water partition coefficient (Wildman–Crippen LogP) is 0.910. The molecular weight excluding hydrogens is 192 g/mol. The Kier molecular flexibility index (Phi) is 4.11. The number of carboxylic acids is 1. The van der Waals surface area contributed by atoms with Crippen molar-refractivity contribution in [2.75, 3.05) is 19.6 Å². The molecule has 1 aliphatic rings. The topological polar surface area (TPSA) is 66.6 Å². The number of carbonyl (C=O) groups is 1. The van der Waals surface area contributed by atoms with Crippen molar-refractivity contribution < 1.29 is 9.90 Å². The molecule has 0 unspecified atom stereocenters. The number of hydrogen-bond donors (Lipinski definition) is 2. The molecule has 0 saturated carbocycles. The molecule has 0 radical (unpaired) electrons. The summed E-state index contributed by atoms with van der Waals surface area (Å²) in [5.41, 5.74) is 5.02. The highest BCUT2D eigenvalue weighted by atomic mass is 16.4. The number of carboxylic acid groups (broad SMARTS) is 1. The third-order valence-corrected chi connectivity index (χ3v) is 3.20. The molecule has 0 aromatic carbocycles. The summed E-state index contributed by atoms with van der Waals surface area (Å²) < 4.78 is 0. The van der Waals surface area contributed by atoms with Crippen molar-refractivity contribution in [3.63, 3.8) is 0 Å². The largest absolute Gasteiger partial charge is 0.481 e. The van der Waals surface area contributed by atoms with Crippen LogP contribution in [0.1, 0.15) is 33.1 Å². The zero-order valence-corrected chi connectivity index (χ0v) is 9.70. The van der Waals surface area contributed by atoms with Crippen LogP contribution in [0.4, 0.5) is 0 Å².